The van der Waals surface area contributed by atoms with Crippen molar-refractivity contribution >= 4 is 0 Å². The molecule has 1 aromatic rings. The van der Waals surface area contributed by atoms with Crippen LogP contribution in [0.4, 0.5) is 0 Å². The second kappa shape index (κ2) is 5.72. The molecule has 1 N–H and O–H groups in total. The Hall–Kier alpha value is -1.06. The summed E-state index contributed by atoms with van der Waals surface area (Å²) >= 11 is 0. The van der Waals surface area contributed by atoms with Crippen molar-refractivity contribution in [3.63, 3.8) is 0 Å². The number of morpholine rings is 1. The Morgan fingerprint density at radius 2 is 1.89 bits per heavy atom. The van der Waals surface area contributed by atoms with Crippen LogP contribution in [0.1, 0.15) is 39.4 Å². The largest absolute Gasteiger partial charge is 0.491 e. The fraction of sp³-hybridized carbons (Fsp3) is 0.600. The number of nitrogens with one attached hydrogen (secondary N) is 1. The van der Waals surface area contributed by atoms with E-state index in [0.717, 1.165) is 12.3 Å². The molecule has 100 valence electrons. The minimum atomic E-state index is 0.143. The molecule has 3 heteroatoms. The first-order valence-electron chi connectivity index (χ1n) is 6.71. The summed E-state index contributed by atoms with van der Waals surface area (Å²) < 4.78 is 11.6. The van der Waals surface area contributed by atoms with Crippen LogP contribution in [0.3, 0.4) is 0 Å². The molecule has 0 amide bonds. The lowest BCUT2D eigenvalue weighted by Gasteiger charge is -2.34. The summed E-state index contributed by atoms with van der Waals surface area (Å²) in [6.45, 7) is 9.20. The van der Waals surface area contributed by atoms with Gasteiger partial charge < -0.3 is 14.8 Å². The van der Waals surface area contributed by atoms with Gasteiger partial charge in [-0.05, 0) is 45.4 Å². The van der Waals surface area contributed by atoms with E-state index in [4.69, 9.17) is 9.47 Å². The van der Waals surface area contributed by atoms with Crippen LogP contribution in [-0.2, 0) is 4.74 Å². The van der Waals surface area contributed by atoms with Crippen molar-refractivity contribution in [2.24, 2.45) is 0 Å². The van der Waals surface area contributed by atoms with Crippen LogP contribution in [-0.4, -0.2) is 24.8 Å². The SMILES string of the molecule is CC(C)Oc1ccc(C2CNC(C)C(C)O2)cc1. The standard InChI is InChI=1S/C15H23NO2/c1-10(2)17-14-7-5-13(6-8-14)15-9-16-11(3)12(4)18-15/h5-8,10-12,15-16H,9H2,1-4H3. The zero-order valence-electron chi connectivity index (χ0n) is 11.6. The summed E-state index contributed by atoms with van der Waals surface area (Å²) in [5.41, 5.74) is 1.21. The van der Waals surface area contributed by atoms with Gasteiger partial charge in [-0.25, -0.2) is 0 Å². The predicted molar refractivity (Wildman–Crippen MR) is 73.0 cm³/mol. The predicted octanol–water partition coefficient (Wildman–Crippen LogP) is 2.91. The van der Waals surface area contributed by atoms with Crippen LogP contribution in [0.2, 0.25) is 0 Å². The zero-order chi connectivity index (χ0) is 13.1. The first kappa shape index (κ1) is 13.4. The molecule has 2 rings (SSSR count). The lowest BCUT2D eigenvalue weighted by atomic mass is 10.1. The monoisotopic (exact) mass is 249 g/mol. The highest BCUT2D eigenvalue weighted by atomic mass is 16.5. The number of hydrogen-bond acceptors (Lipinski definition) is 3. The molecule has 0 saturated carbocycles. The number of rotatable bonds is 3. The molecule has 1 aliphatic rings. The fourth-order valence-electron chi connectivity index (χ4n) is 2.11. The highest BCUT2D eigenvalue weighted by molar-refractivity contribution is 5.29. The van der Waals surface area contributed by atoms with Crippen LogP contribution < -0.4 is 10.1 Å². The number of benzene rings is 1. The van der Waals surface area contributed by atoms with Crippen molar-refractivity contribution < 1.29 is 9.47 Å². The summed E-state index contributed by atoms with van der Waals surface area (Å²) in [7, 11) is 0. The van der Waals surface area contributed by atoms with Crippen molar-refractivity contribution in [2.75, 3.05) is 6.54 Å². The van der Waals surface area contributed by atoms with Gasteiger partial charge in [-0.1, -0.05) is 12.1 Å². The Labute approximate surface area is 109 Å². The van der Waals surface area contributed by atoms with E-state index in [1.807, 2.05) is 26.0 Å². The van der Waals surface area contributed by atoms with Gasteiger partial charge in [0.1, 0.15) is 5.75 Å². The summed E-state index contributed by atoms with van der Waals surface area (Å²) in [5, 5.41) is 3.47. The van der Waals surface area contributed by atoms with Crippen molar-refractivity contribution in [1.29, 1.82) is 0 Å². The highest BCUT2D eigenvalue weighted by Gasteiger charge is 2.25. The Balaban J connectivity index is 2.01. The third-order valence-electron chi connectivity index (χ3n) is 3.33. The molecule has 18 heavy (non-hydrogen) atoms. The van der Waals surface area contributed by atoms with Crippen LogP contribution in [0.15, 0.2) is 24.3 Å². The molecule has 3 unspecified atom stereocenters. The smallest absolute Gasteiger partial charge is 0.119 e. The van der Waals surface area contributed by atoms with E-state index in [0.29, 0.717) is 6.04 Å². The molecule has 0 aliphatic carbocycles. The maximum Gasteiger partial charge on any atom is 0.119 e. The molecule has 1 aliphatic heterocycles. The minimum Gasteiger partial charge on any atom is -0.491 e. The maximum absolute atomic E-state index is 6.00. The first-order chi connectivity index (χ1) is 8.56. The molecular formula is C15H23NO2. The van der Waals surface area contributed by atoms with Gasteiger partial charge >= 0.3 is 0 Å². The van der Waals surface area contributed by atoms with Gasteiger partial charge in [0.15, 0.2) is 0 Å². The van der Waals surface area contributed by atoms with Gasteiger partial charge in [0.2, 0.25) is 0 Å². The van der Waals surface area contributed by atoms with E-state index in [9.17, 15) is 0 Å². The van der Waals surface area contributed by atoms with Crippen molar-refractivity contribution in [1.82, 2.24) is 5.32 Å². The van der Waals surface area contributed by atoms with Crippen molar-refractivity contribution in [3.05, 3.63) is 29.8 Å². The van der Waals surface area contributed by atoms with E-state index >= 15 is 0 Å². The zero-order valence-corrected chi connectivity index (χ0v) is 11.6. The van der Waals surface area contributed by atoms with Gasteiger partial charge in [-0.3, -0.25) is 0 Å². The third-order valence-corrected chi connectivity index (χ3v) is 3.33. The lowest BCUT2D eigenvalue weighted by molar-refractivity contribution is -0.0508. The molecule has 1 aromatic carbocycles. The Morgan fingerprint density at radius 1 is 1.22 bits per heavy atom. The highest BCUT2D eigenvalue weighted by Crippen LogP contribution is 2.25. The Kier molecular flexibility index (Phi) is 4.25. The molecule has 0 spiro atoms. The summed E-state index contributed by atoms with van der Waals surface area (Å²) in [6, 6.07) is 8.63. The lowest BCUT2D eigenvalue weighted by Crippen LogP contribution is -2.46. The molecular weight excluding hydrogens is 226 g/mol. The normalized spacial score (nSPS) is 28.4. The third kappa shape index (κ3) is 3.24. The summed E-state index contributed by atoms with van der Waals surface area (Å²) in [6.07, 6.45) is 0.601. The van der Waals surface area contributed by atoms with Gasteiger partial charge in [0, 0.05) is 12.6 Å². The molecule has 1 fully saturated rings. The van der Waals surface area contributed by atoms with Gasteiger partial charge in [-0.2, -0.15) is 0 Å². The van der Waals surface area contributed by atoms with Crippen LogP contribution in [0.5, 0.6) is 5.75 Å². The molecule has 0 radical (unpaired) electrons. The van der Waals surface area contributed by atoms with E-state index in [1.54, 1.807) is 0 Å². The van der Waals surface area contributed by atoms with Crippen molar-refractivity contribution in [3.8, 4) is 5.75 Å². The second-order valence-electron chi connectivity index (χ2n) is 5.26. The van der Waals surface area contributed by atoms with Crippen LogP contribution >= 0.6 is 0 Å². The first-order valence-corrected chi connectivity index (χ1v) is 6.71. The van der Waals surface area contributed by atoms with Gasteiger partial charge in [-0.15, -0.1) is 0 Å². The van der Waals surface area contributed by atoms with E-state index in [-0.39, 0.29) is 18.3 Å². The second-order valence-corrected chi connectivity index (χ2v) is 5.26. The average Bonchev–Trinajstić information content (AvgIpc) is 2.33. The Bertz CT molecular complexity index is 375. The van der Waals surface area contributed by atoms with Gasteiger partial charge in [0.05, 0.1) is 18.3 Å². The molecule has 0 aromatic heterocycles. The maximum atomic E-state index is 6.00. The van der Waals surface area contributed by atoms with E-state index in [2.05, 4.69) is 31.3 Å². The van der Waals surface area contributed by atoms with E-state index in [1.165, 1.54) is 5.56 Å². The molecule has 3 nitrogen and oxygen atoms in total. The van der Waals surface area contributed by atoms with Crippen LogP contribution in [0, 0.1) is 0 Å². The minimum absolute atomic E-state index is 0.143. The summed E-state index contributed by atoms with van der Waals surface area (Å²) in [4.78, 5) is 0. The quantitative estimate of drug-likeness (QED) is 0.893. The molecule has 3 atom stereocenters. The van der Waals surface area contributed by atoms with Crippen molar-refractivity contribution in [2.45, 2.75) is 52.0 Å². The molecule has 1 heterocycles. The Morgan fingerprint density at radius 3 is 2.44 bits per heavy atom. The molecule has 1 saturated heterocycles. The average molecular weight is 249 g/mol. The van der Waals surface area contributed by atoms with Crippen LogP contribution in [0.25, 0.3) is 0 Å². The topological polar surface area (TPSA) is 30.5 Å². The summed E-state index contributed by atoms with van der Waals surface area (Å²) in [5.74, 6) is 0.916. The number of hydrogen-bond donors (Lipinski definition) is 1. The molecule has 0 bridgehead atoms. The van der Waals surface area contributed by atoms with E-state index < -0.39 is 0 Å². The fourth-order valence-corrected chi connectivity index (χ4v) is 2.11. The van der Waals surface area contributed by atoms with Gasteiger partial charge in [0.25, 0.3) is 0 Å². The number of ether oxygens (including phenoxy) is 2.